The number of hydrogen-bond acceptors (Lipinski definition) is 4. The molecule has 114 valence electrons. The number of nitro groups is 1. The van der Waals surface area contributed by atoms with Gasteiger partial charge in [0, 0.05) is 24.9 Å². The van der Waals surface area contributed by atoms with Crippen molar-refractivity contribution in [3.63, 3.8) is 0 Å². The smallest absolute Gasteiger partial charge is 0.311 e. The highest BCUT2D eigenvalue weighted by Gasteiger charge is 2.18. The Morgan fingerprint density at radius 3 is 2.59 bits per heavy atom. The van der Waals surface area contributed by atoms with Crippen molar-refractivity contribution in [2.24, 2.45) is 0 Å². The van der Waals surface area contributed by atoms with Gasteiger partial charge in [-0.25, -0.2) is 4.39 Å². The van der Waals surface area contributed by atoms with Crippen molar-refractivity contribution in [3.8, 4) is 5.75 Å². The third kappa shape index (κ3) is 3.57. The molecule has 0 heterocycles. The highest BCUT2D eigenvalue weighted by molar-refractivity contribution is 5.93. The number of para-hydroxylation sites is 1. The lowest BCUT2D eigenvalue weighted by molar-refractivity contribution is -0.385. The first kappa shape index (κ1) is 15.4. The molecule has 0 aromatic heterocycles. The van der Waals surface area contributed by atoms with Crippen LogP contribution < -0.4 is 9.64 Å². The van der Waals surface area contributed by atoms with E-state index in [2.05, 4.69) is 0 Å². The van der Waals surface area contributed by atoms with Crippen LogP contribution in [0.2, 0.25) is 0 Å². The molecule has 0 N–H and O–H groups in total. The molecule has 0 aliphatic rings. The molecule has 0 saturated heterocycles. The summed E-state index contributed by atoms with van der Waals surface area (Å²) in [7, 11) is 1.56. The summed E-state index contributed by atoms with van der Waals surface area (Å²) in [5.74, 6) is -1.37. The molecule has 0 aliphatic heterocycles. The first-order valence-corrected chi connectivity index (χ1v) is 6.37. The monoisotopic (exact) mass is 304 g/mol. The molecular formula is C15H13FN2O4. The van der Waals surface area contributed by atoms with E-state index in [1.807, 2.05) is 6.07 Å². The minimum Gasteiger partial charge on any atom is -0.477 e. The fraction of sp³-hybridized carbons (Fsp3) is 0.133. The quantitative estimate of drug-likeness (QED) is 0.629. The van der Waals surface area contributed by atoms with Gasteiger partial charge < -0.3 is 9.64 Å². The number of likely N-dealkylation sites (N-methyl/N-ethyl adjacent to an activating group) is 1. The number of benzene rings is 2. The highest BCUT2D eigenvalue weighted by atomic mass is 19.1. The molecule has 0 unspecified atom stereocenters. The molecule has 0 radical (unpaired) electrons. The van der Waals surface area contributed by atoms with E-state index in [1.165, 1.54) is 4.90 Å². The molecule has 6 nitrogen and oxygen atoms in total. The summed E-state index contributed by atoms with van der Waals surface area (Å²) < 4.78 is 18.3. The second-order valence-electron chi connectivity index (χ2n) is 4.45. The molecule has 0 fully saturated rings. The fourth-order valence-electron chi connectivity index (χ4n) is 1.79. The van der Waals surface area contributed by atoms with Crippen LogP contribution in [0.4, 0.5) is 15.8 Å². The van der Waals surface area contributed by atoms with Gasteiger partial charge in [-0.3, -0.25) is 14.9 Å². The summed E-state index contributed by atoms with van der Waals surface area (Å²) in [4.78, 5) is 23.5. The van der Waals surface area contributed by atoms with Gasteiger partial charge in [0.25, 0.3) is 5.91 Å². The minimum atomic E-state index is -0.694. The second kappa shape index (κ2) is 6.66. The largest absolute Gasteiger partial charge is 0.477 e. The van der Waals surface area contributed by atoms with Gasteiger partial charge in [-0.2, -0.15) is 0 Å². The van der Waals surface area contributed by atoms with Gasteiger partial charge >= 0.3 is 5.69 Å². The van der Waals surface area contributed by atoms with Crippen LogP contribution >= 0.6 is 0 Å². The van der Waals surface area contributed by atoms with Crippen molar-refractivity contribution in [2.75, 3.05) is 18.6 Å². The Kier molecular flexibility index (Phi) is 4.67. The predicted molar refractivity (Wildman–Crippen MR) is 78.4 cm³/mol. The summed E-state index contributed by atoms with van der Waals surface area (Å²) >= 11 is 0. The van der Waals surface area contributed by atoms with Crippen LogP contribution in [0.5, 0.6) is 5.75 Å². The van der Waals surface area contributed by atoms with E-state index in [4.69, 9.17) is 4.74 Å². The van der Waals surface area contributed by atoms with Crippen LogP contribution in [0.1, 0.15) is 0 Å². The van der Waals surface area contributed by atoms with Gasteiger partial charge in [0.1, 0.15) is 5.82 Å². The maximum Gasteiger partial charge on any atom is 0.311 e. The maximum atomic E-state index is 13.2. The van der Waals surface area contributed by atoms with E-state index in [0.29, 0.717) is 5.69 Å². The van der Waals surface area contributed by atoms with E-state index in [1.54, 1.807) is 31.3 Å². The number of amides is 1. The lowest BCUT2D eigenvalue weighted by Gasteiger charge is -2.17. The van der Waals surface area contributed by atoms with Crippen LogP contribution in [0.3, 0.4) is 0 Å². The Balaban J connectivity index is 2.08. The Morgan fingerprint density at radius 1 is 1.27 bits per heavy atom. The number of ether oxygens (including phenoxy) is 1. The van der Waals surface area contributed by atoms with Gasteiger partial charge in [0.2, 0.25) is 5.75 Å². The third-order valence-corrected chi connectivity index (χ3v) is 2.99. The Hall–Kier alpha value is -2.96. The van der Waals surface area contributed by atoms with E-state index in [-0.39, 0.29) is 5.75 Å². The van der Waals surface area contributed by atoms with Gasteiger partial charge in [0.15, 0.2) is 6.61 Å². The van der Waals surface area contributed by atoms with Crippen molar-refractivity contribution < 1.29 is 18.8 Å². The zero-order chi connectivity index (χ0) is 16.1. The first-order valence-electron chi connectivity index (χ1n) is 6.37. The molecule has 1 amide bonds. The van der Waals surface area contributed by atoms with Crippen molar-refractivity contribution in [1.29, 1.82) is 0 Å². The minimum absolute atomic E-state index is 0.278. The average molecular weight is 304 g/mol. The molecule has 2 aromatic carbocycles. The van der Waals surface area contributed by atoms with Crippen LogP contribution in [0.15, 0.2) is 48.5 Å². The Labute approximate surface area is 125 Å². The molecule has 0 atom stereocenters. The number of anilines is 1. The normalized spacial score (nSPS) is 10.1. The van der Waals surface area contributed by atoms with Crippen molar-refractivity contribution in [1.82, 2.24) is 0 Å². The lowest BCUT2D eigenvalue weighted by Crippen LogP contribution is -2.31. The van der Waals surface area contributed by atoms with Crippen molar-refractivity contribution in [3.05, 3.63) is 64.5 Å². The van der Waals surface area contributed by atoms with Gasteiger partial charge in [0.05, 0.1) is 4.92 Å². The van der Waals surface area contributed by atoms with Crippen LogP contribution in [0, 0.1) is 15.9 Å². The zero-order valence-electron chi connectivity index (χ0n) is 11.7. The van der Waals surface area contributed by atoms with Crippen molar-refractivity contribution in [2.45, 2.75) is 0 Å². The Bertz CT molecular complexity index is 691. The molecule has 2 rings (SSSR count). The average Bonchev–Trinajstić information content (AvgIpc) is 2.52. The molecule has 2 aromatic rings. The van der Waals surface area contributed by atoms with Gasteiger partial charge in [-0.15, -0.1) is 0 Å². The number of hydrogen-bond donors (Lipinski definition) is 0. The van der Waals surface area contributed by atoms with E-state index >= 15 is 0 Å². The topological polar surface area (TPSA) is 72.7 Å². The molecular weight excluding hydrogens is 291 g/mol. The number of nitro benzene ring substituents is 1. The molecule has 0 bridgehead atoms. The fourth-order valence-corrected chi connectivity index (χ4v) is 1.79. The number of rotatable bonds is 5. The summed E-state index contributed by atoms with van der Waals surface area (Å²) in [6, 6.07) is 11.7. The summed E-state index contributed by atoms with van der Waals surface area (Å²) in [6.07, 6.45) is 0. The SMILES string of the molecule is CN(C(=O)COc1cc(F)ccc1[N+](=O)[O-])c1ccccc1. The lowest BCUT2D eigenvalue weighted by atomic mass is 10.3. The van der Waals surface area contributed by atoms with Crippen LogP contribution in [-0.2, 0) is 4.79 Å². The summed E-state index contributed by atoms with van der Waals surface area (Å²) in [6.45, 7) is -0.435. The predicted octanol–water partition coefficient (Wildman–Crippen LogP) is 2.78. The van der Waals surface area contributed by atoms with E-state index in [9.17, 15) is 19.3 Å². The second-order valence-corrected chi connectivity index (χ2v) is 4.45. The number of carbonyl (C=O) groups excluding carboxylic acids is 1. The van der Waals surface area contributed by atoms with Crippen LogP contribution in [0.25, 0.3) is 0 Å². The standard InChI is InChI=1S/C15H13FN2O4/c1-17(12-5-3-2-4-6-12)15(19)10-22-14-9-11(16)7-8-13(14)18(20)21/h2-9H,10H2,1H3. The molecule has 7 heteroatoms. The van der Waals surface area contributed by atoms with E-state index < -0.39 is 28.9 Å². The molecule has 22 heavy (non-hydrogen) atoms. The zero-order valence-corrected chi connectivity index (χ0v) is 11.7. The van der Waals surface area contributed by atoms with Gasteiger partial charge in [-0.1, -0.05) is 18.2 Å². The number of nitrogens with zero attached hydrogens (tertiary/aromatic N) is 2. The number of halogens is 1. The van der Waals surface area contributed by atoms with Crippen LogP contribution in [-0.4, -0.2) is 24.5 Å². The maximum absolute atomic E-state index is 13.2. The van der Waals surface area contributed by atoms with Gasteiger partial charge in [-0.05, 0) is 18.2 Å². The molecule has 0 spiro atoms. The molecule has 0 saturated carbocycles. The van der Waals surface area contributed by atoms with E-state index in [0.717, 1.165) is 18.2 Å². The first-order chi connectivity index (χ1) is 10.5. The Morgan fingerprint density at radius 2 is 1.95 bits per heavy atom. The molecule has 0 aliphatic carbocycles. The highest BCUT2D eigenvalue weighted by Crippen LogP contribution is 2.27. The third-order valence-electron chi connectivity index (χ3n) is 2.99. The van der Waals surface area contributed by atoms with Crippen molar-refractivity contribution >= 4 is 17.3 Å². The number of carbonyl (C=O) groups is 1. The summed E-state index contributed by atoms with van der Waals surface area (Å²) in [5.41, 5.74) is 0.265. The summed E-state index contributed by atoms with van der Waals surface area (Å²) in [5, 5.41) is 10.8.